The Hall–Kier alpha value is -1.76. The quantitative estimate of drug-likeness (QED) is 0.241. The summed E-state index contributed by atoms with van der Waals surface area (Å²) in [5, 5.41) is 6.56. The molecule has 0 saturated carbocycles. The second-order valence-electron chi connectivity index (χ2n) is 1.66. The average molecular weight is 155 g/mol. The maximum Gasteiger partial charge on any atom is 0.302 e. The number of nitrogens with two attached hydrogens (primary N) is 1. The fraction of sp³-hybridized carbons (Fsp3) is 0. The van der Waals surface area contributed by atoms with Crippen LogP contribution in [0.15, 0.2) is 11.0 Å². The molecule has 0 saturated heterocycles. The van der Waals surface area contributed by atoms with E-state index in [4.69, 9.17) is 5.84 Å². The number of carbonyl (C=O) groups is 1. The summed E-state index contributed by atoms with van der Waals surface area (Å²) in [6.45, 7) is 0. The van der Waals surface area contributed by atoms with Crippen molar-refractivity contribution in [1.29, 1.82) is 0 Å². The number of nitrogens with zero attached hydrogens (tertiary/aromatic N) is 2. The van der Waals surface area contributed by atoms with Gasteiger partial charge in [0.05, 0.1) is 0 Å². The Kier molecular flexibility index (Phi) is 1.93. The van der Waals surface area contributed by atoms with Crippen molar-refractivity contribution < 1.29 is 4.79 Å². The molecule has 1 rings (SSSR count). The molecular weight excluding hydrogens is 150 g/mol. The van der Waals surface area contributed by atoms with Gasteiger partial charge in [0.1, 0.15) is 6.20 Å². The van der Waals surface area contributed by atoms with E-state index in [1.807, 2.05) is 0 Å². The van der Waals surface area contributed by atoms with Crippen LogP contribution in [0.25, 0.3) is 0 Å². The van der Waals surface area contributed by atoms with Gasteiger partial charge in [-0.25, -0.2) is 5.84 Å². The van der Waals surface area contributed by atoms with Gasteiger partial charge in [0.2, 0.25) is 5.82 Å². The smallest absolute Gasteiger partial charge is 0.300 e. The van der Waals surface area contributed by atoms with Gasteiger partial charge in [-0.15, -0.1) is 5.10 Å². The Balaban J connectivity index is 3.05. The standard InChI is InChI=1S/C4H5N5O2/c5-8-4(11)3-7-2(10)1-6-9-3/h1H,5H2,(H,8,11)(H,7,9,10). The zero-order chi connectivity index (χ0) is 8.27. The van der Waals surface area contributed by atoms with Crippen molar-refractivity contribution in [3.8, 4) is 0 Å². The summed E-state index contributed by atoms with van der Waals surface area (Å²) in [5.41, 5.74) is 1.30. The zero-order valence-electron chi connectivity index (χ0n) is 5.37. The number of hydrogen-bond donors (Lipinski definition) is 3. The number of nitrogen functional groups attached to an aromatic ring is 1. The Bertz CT molecular complexity index is 318. The van der Waals surface area contributed by atoms with Gasteiger partial charge in [0, 0.05) is 0 Å². The first-order valence-electron chi connectivity index (χ1n) is 2.67. The SMILES string of the molecule is NNC(=O)c1nncc(=O)[nH]1. The van der Waals surface area contributed by atoms with Crippen LogP contribution in [0.3, 0.4) is 0 Å². The molecule has 0 atom stereocenters. The van der Waals surface area contributed by atoms with Crippen LogP contribution in [0.4, 0.5) is 0 Å². The van der Waals surface area contributed by atoms with E-state index in [9.17, 15) is 9.59 Å². The summed E-state index contributed by atoms with van der Waals surface area (Å²) in [7, 11) is 0. The molecule has 58 valence electrons. The van der Waals surface area contributed by atoms with Crippen molar-refractivity contribution in [2.75, 3.05) is 0 Å². The highest BCUT2D eigenvalue weighted by Gasteiger charge is 2.04. The summed E-state index contributed by atoms with van der Waals surface area (Å²) in [5.74, 6) is 3.87. The molecule has 0 bridgehead atoms. The molecule has 0 aliphatic rings. The molecule has 7 heteroatoms. The largest absolute Gasteiger partial charge is 0.302 e. The molecule has 1 amide bonds. The second-order valence-corrected chi connectivity index (χ2v) is 1.66. The number of hydrogen-bond acceptors (Lipinski definition) is 5. The first kappa shape index (κ1) is 7.35. The number of aromatic nitrogens is 3. The van der Waals surface area contributed by atoms with Gasteiger partial charge in [0.25, 0.3) is 5.56 Å². The van der Waals surface area contributed by atoms with E-state index in [-0.39, 0.29) is 5.82 Å². The predicted octanol–water partition coefficient (Wildman–Crippen LogP) is -2.23. The van der Waals surface area contributed by atoms with Crippen LogP contribution in [0, 0.1) is 0 Å². The van der Waals surface area contributed by atoms with Gasteiger partial charge in [0.15, 0.2) is 0 Å². The third kappa shape index (κ3) is 1.58. The van der Waals surface area contributed by atoms with Crippen molar-refractivity contribution in [2.24, 2.45) is 5.84 Å². The topological polar surface area (TPSA) is 114 Å². The Morgan fingerprint density at radius 3 is 3.00 bits per heavy atom. The average Bonchev–Trinajstić information content (AvgIpc) is 2.03. The lowest BCUT2D eigenvalue weighted by molar-refractivity contribution is 0.0941. The lowest BCUT2D eigenvalue weighted by atomic mass is 10.6. The zero-order valence-corrected chi connectivity index (χ0v) is 5.37. The molecule has 0 aliphatic carbocycles. The molecule has 1 heterocycles. The fourth-order valence-electron chi connectivity index (χ4n) is 0.484. The van der Waals surface area contributed by atoms with Crippen LogP contribution in [0.2, 0.25) is 0 Å². The van der Waals surface area contributed by atoms with E-state index < -0.39 is 11.5 Å². The molecular formula is C4H5N5O2. The van der Waals surface area contributed by atoms with Gasteiger partial charge in [-0.2, -0.15) is 5.10 Å². The molecule has 0 aromatic carbocycles. The highest BCUT2D eigenvalue weighted by atomic mass is 16.2. The number of amides is 1. The van der Waals surface area contributed by atoms with E-state index in [2.05, 4.69) is 15.2 Å². The van der Waals surface area contributed by atoms with Crippen molar-refractivity contribution in [3.63, 3.8) is 0 Å². The van der Waals surface area contributed by atoms with Crippen LogP contribution < -0.4 is 16.8 Å². The van der Waals surface area contributed by atoms with Gasteiger partial charge in [-0.1, -0.05) is 0 Å². The summed E-state index contributed by atoms with van der Waals surface area (Å²) < 4.78 is 0. The number of rotatable bonds is 1. The van der Waals surface area contributed by atoms with Gasteiger partial charge >= 0.3 is 5.91 Å². The molecule has 1 aromatic rings. The third-order valence-electron chi connectivity index (χ3n) is 0.920. The van der Waals surface area contributed by atoms with E-state index >= 15 is 0 Å². The Labute approximate surface area is 60.6 Å². The molecule has 7 nitrogen and oxygen atoms in total. The Morgan fingerprint density at radius 2 is 2.45 bits per heavy atom. The minimum absolute atomic E-state index is 0.208. The van der Waals surface area contributed by atoms with Crippen molar-refractivity contribution in [3.05, 3.63) is 22.4 Å². The molecule has 0 radical (unpaired) electrons. The molecule has 0 spiro atoms. The predicted molar refractivity (Wildman–Crippen MR) is 34.3 cm³/mol. The van der Waals surface area contributed by atoms with Crippen LogP contribution in [0.5, 0.6) is 0 Å². The molecule has 0 fully saturated rings. The number of carbonyl (C=O) groups excluding carboxylic acids is 1. The lowest BCUT2D eigenvalue weighted by Crippen LogP contribution is -2.33. The first-order valence-corrected chi connectivity index (χ1v) is 2.67. The second kappa shape index (κ2) is 2.88. The minimum Gasteiger partial charge on any atom is -0.300 e. The number of nitrogens with one attached hydrogen (secondary N) is 2. The minimum atomic E-state index is -0.685. The molecule has 1 aromatic heterocycles. The highest BCUT2D eigenvalue weighted by molar-refractivity contribution is 5.89. The molecule has 11 heavy (non-hydrogen) atoms. The summed E-state index contributed by atoms with van der Waals surface area (Å²) >= 11 is 0. The van der Waals surface area contributed by atoms with E-state index in [1.54, 1.807) is 5.43 Å². The summed E-state index contributed by atoms with van der Waals surface area (Å²) in [6.07, 6.45) is 0.952. The first-order chi connectivity index (χ1) is 5.24. The number of H-pyrrole nitrogens is 1. The van der Waals surface area contributed by atoms with Crippen LogP contribution in [-0.4, -0.2) is 21.1 Å². The van der Waals surface area contributed by atoms with Gasteiger partial charge in [-0.05, 0) is 0 Å². The third-order valence-corrected chi connectivity index (χ3v) is 0.920. The number of hydrazine groups is 1. The van der Waals surface area contributed by atoms with Crippen LogP contribution in [-0.2, 0) is 0 Å². The summed E-state index contributed by atoms with van der Waals surface area (Å²) in [6, 6.07) is 0. The maximum absolute atomic E-state index is 10.7. The normalized spacial score (nSPS) is 9.18. The van der Waals surface area contributed by atoms with E-state index in [0.29, 0.717) is 0 Å². The van der Waals surface area contributed by atoms with Crippen molar-refractivity contribution in [2.45, 2.75) is 0 Å². The molecule has 0 aliphatic heterocycles. The van der Waals surface area contributed by atoms with Crippen molar-refractivity contribution >= 4 is 5.91 Å². The van der Waals surface area contributed by atoms with Gasteiger partial charge < -0.3 is 0 Å². The highest BCUT2D eigenvalue weighted by Crippen LogP contribution is 1.77. The summed E-state index contributed by atoms with van der Waals surface area (Å²) in [4.78, 5) is 23.3. The van der Waals surface area contributed by atoms with Crippen LogP contribution in [0.1, 0.15) is 10.6 Å². The number of aromatic amines is 1. The fourth-order valence-corrected chi connectivity index (χ4v) is 0.484. The van der Waals surface area contributed by atoms with E-state index in [0.717, 1.165) is 6.20 Å². The Morgan fingerprint density at radius 1 is 1.73 bits per heavy atom. The van der Waals surface area contributed by atoms with Gasteiger partial charge in [-0.3, -0.25) is 20.0 Å². The monoisotopic (exact) mass is 155 g/mol. The van der Waals surface area contributed by atoms with Crippen molar-refractivity contribution in [1.82, 2.24) is 20.6 Å². The van der Waals surface area contributed by atoms with E-state index in [1.165, 1.54) is 0 Å². The molecule has 0 unspecified atom stereocenters. The van der Waals surface area contributed by atoms with Crippen LogP contribution >= 0.6 is 0 Å². The lowest BCUT2D eigenvalue weighted by Gasteiger charge is -1.93. The maximum atomic E-state index is 10.7. The molecule has 4 N–H and O–H groups in total.